The second-order valence-electron chi connectivity index (χ2n) is 9.08. The zero-order valence-electron chi connectivity index (χ0n) is 20.5. The van der Waals surface area contributed by atoms with Gasteiger partial charge in [0, 0.05) is 6.54 Å². The molecule has 2 N–H and O–H groups in total. The number of carbonyl (C=O) groups excluding carboxylic acids is 1. The average molecular weight is 559 g/mol. The van der Waals surface area contributed by atoms with Crippen LogP contribution in [0.5, 0.6) is 0 Å². The summed E-state index contributed by atoms with van der Waals surface area (Å²) in [6.45, 7) is 3.13. The molecule has 1 saturated heterocycles. The lowest BCUT2D eigenvalue weighted by molar-refractivity contribution is -0.138. The number of nitriles is 1. The lowest BCUT2D eigenvalue weighted by Crippen LogP contribution is -2.63. The van der Waals surface area contributed by atoms with Crippen molar-refractivity contribution < 1.29 is 9.53 Å². The quantitative estimate of drug-likeness (QED) is 0.333. The van der Waals surface area contributed by atoms with Gasteiger partial charge < -0.3 is 10.1 Å². The van der Waals surface area contributed by atoms with Crippen LogP contribution in [-0.2, 0) is 28.1 Å². The molecule has 0 saturated carbocycles. The third kappa shape index (κ3) is 6.72. The van der Waals surface area contributed by atoms with Gasteiger partial charge in [-0.25, -0.2) is 0 Å². The van der Waals surface area contributed by atoms with E-state index in [1.54, 1.807) is 19.1 Å². The van der Waals surface area contributed by atoms with Crippen LogP contribution in [0.4, 0.5) is 0 Å². The number of rotatable bonds is 9. The van der Waals surface area contributed by atoms with E-state index in [0.29, 0.717) is 29.6 Å². The third-order valence-corrected chi connectivity index (χ3v) is 7.54. The summed E-state index contributed by atoms with van der Waals surface area (Å²) in [6, 6.07) is 27.4. The molecule has 4 rings (SSSR count). The summed E-state index contributed by atoms with van der Waals surface area (Å²) in [4.78, 5) is 14.0. The van der Waals surface area contributed by atoms with E-state index >= 15 is 0 Å². The minimum atomic E-state index is -0.987. The molecule has 1 aliphatic rings. The Hall–Kier alpha value is -2.43. The Labute approximate surface area is 234 Å². The molecule has 4 unspecified atom stereocenters. The Morgan fingerprint density at radius 1 is 1.08 bits per heavy atom. The molecule has 3 aromatic carbocycles. The number of ketones is 1. The molecule has 1 aliphatic heterocycles. The van der Waals surface area contributed by atoms with E-state index < -0.39 is 23.6 Å². The number of Topliss-reactive ketones (excluding diaryl/α,β-unsaturated/α-hetero) is 1. The van der Waals surface area contributed by atoms with Crippen molar-refractivity contribution in [2.75, 3.05) is 6.54 Å². The van der Waals surface area contributed by atoms with Crippen molar-refractivity contribution in [3.8, 4) is 6.07 Å². The number of benzene rings is 3. The fraction of sp³-hybridized carbons (Fsp3) is 0.310. The van der Waals surface area contributed by atoms with Crippen LogP contribution < -0.4 is 10.6 Å². The maximum Gasteiger partial charge on any atom is 0.169 e. The van der Waals surface area contributed by atoms with E-state index in [-0.39, 0.29) is 24.8 Å². The monoisotopic (exact) mass is 557 g/mol. The highest BCUT2D eigenvalue weighted by Crippen LogP contribution is 2.41. The SMILES string of the molecule is CC(OCc1ccc(Cl)c(Cl)c1)C(=O)C1C(NCc2ccccc2)NCCC1(C#N)c1ccccc1.Cl. The number of nitrogens with one attached hydrogen (secondary N) is 2. The molecule has 3 aromatic rings. The van der Waals surface area contributed by atoms with Gasteiger partial charge in [-0.3, -0.25) is 10.1 Å². The van der Waals surface area contributed by atoms with E-state index in [4.69, 9.17) is 27.9 Å². The van der Waals surface area contributed by atoms with E-state index in [9.17, 15) is 10.1 Å². The van der Waals surface area contributed by atoms with Gasteiger partial charge in [0.2, 0.25) is 0 Å². The first-order valence-electron chi connectivity index (χ1n) is 12.0. The van der Waals surface area contributed by atoms with Crippen LogP contribution in [-0.4, -0.2) is 24.6 Å². The molecule has 37 heavy (non-hydrogen) atoms. The minimum absolute atomic E-state index is 0. The Balaban J connectivity index is 0.00000380. The second kappa shape index (κ2) is 13.4. The van der Waals surface area contributed by atoms with Crippen LogP contribution in [0.1, 0.15) is 30.0 Å². The lowest BCUT2D eigenvalue weighted by Gasteiger charge is -2.45. The molecule has 0 spiro atoms. The molecule has 0 amide bonds. The van der Waals surface area contributed by atoms with Crippen molar-refractivity contribution in [1.29, 1.82) is 5.26 Å². The normalized spacial score (nSPS) is 21.9. The zero-order valence-corrected chi connectivity index (χ0v) is 22.8. The Morgan fingerprint density at radius 3 is 2.41 bits per heavy atom. The molecule has 1 heterocycles. The van der Waals surface area contributed by atoms with E-state index in [2.05, 4.69) is 16.7 Å². The average Bonchev–Trinajstić information content (AvgIpc) is 2.92. The molecule has 0 aliphatic carbocycles. The molecular weight excluding hydrogens is 529 g/mol. The highest BCUT2D eigenvalue weighted by atomic mass is 35.5. The van der Waals surface area contributed by atoms with E-state index in [1.807, 2.05) is 66.7 Å². The van der Waals surface area contributed by atoms with Crippen molar-refractivity contribution in [3.63, 3.8) is 0 Å². The van der Waals surface area contributed by atoms with Crippen LogP contribution in [0.2, 0.25) is 10.0 Å². The van der Waals surface area contributed by atoms with Gasteiger partial charge in [-0.15, -0.1) is 12.4 Å². The molecule has 0 radical (unpaired) electrons. The fourth-order valence-electron chi connectivity index (χ4n) is 4.84. The molecule has 0 aromatic heterocycles. The van der Waals surface area contributed by atoms with Crippen molar-refractivity contribution in [3.05, 3.63) is 106 Å². The first kappa shape index (κ1) is 29.1. The van der Waals surface area contributed by atoms with Gasteiger partial charge in [-0.1, -0.05) is 89.9 Å². The molecule has 194 valence electrons. The highest BCUT2D eigenvalue weighted by molar-refractivity contribution is 6.42. The smallest absolute Gasteiger partial charge is 0.169 e. The van der Waals surface area contributed by atoms with Crippen LogP contribution >= 0.6 is 35.6 Å². The molecule has 4 atom stereocenters. The van der Waals surface area contributed by atoms with Gasteiger partial charge >= 0.3 is 0 Å². The third-order valence-electron chi connectivity index (χ3n) is 6.80. The molecule has 8 heteroatoms. The largest absolute Gasteiger partial charge is 0.366 e. The lowest BCUT2D eigenvalue weighted by atomic mass is 9.63. The first-order chi connectivity index (χ1) is 17.4. The maximum absolute atomic E-state index is 14.0. The van der Waals surface area contributed by atoms with Gasteiger partial charge in [-0.2, -0.15) is 5.26 Å². The minimum Gasteiger partial charge on any atom is -0.366 e. The fourth-order valence-corrected chi connectivity index (χ4v) is 5.16. The maximum atomic E-state index is 14.0. The molecule has 1 fully saturated rings. The number of hydrogen-bond donors (Lipinski definition) is 2. The van der Waals surface area contributed by atoms with Crippen molar-refractivity contribution in [1.82, 2.24) is 10.6 Å². The summed E-state index contributed by atoms with van der Waals surface area (Å²) in [6.07, 6.45) is -0.614. The number of nitrogens with zero attached hydrogens (tertiary/aromatic N) is 1. The summed E-state index contributed by atoms with van der Waals surface area (Å²) in [5, 5.41) is 18.4. The van der Waals surface area contributed by atoms with Gasteiger partial charge in [0.1, 0.15) is 6.10 Å². The Bertz CT molecular complexity index is 1220. The van der Waals surface area contributed by atoms with Crippen molar-refractivity contribution >= 4 is 41.4 Å². The topological polar surface area (TPSA) is 74.2 Å². The standard InChI is InChI=1S/C29H29Cl2N3O2.ClH/c1-20(36-18-22-12-13-24(30)25(31)16-22)27(35)26-28(34-17-21-8-4-2-5-9-21)33-15-14-29(26,19-32)23-10-6-3-7-11-23;/h2-13,16,20,26,28,33-34H,14-15,17-18H2,1H3;1H. The Morgan fingerprint density at radius 2 is 1.76 bits per heavy atom. The number of piperidine rings is 1. The predicted octanol–water partition coefficient (Wildman–Crippen LogP) is 6.08. The van der Waals surface area contributed by atoms with Gasteiger partial charge in [0.05, 0.1) is 40.2 Å². The molecule has 0 bridgehead atoms. The van der Waals surface area contributed by atoms with Crippen molar-refractivity contribution in [2.24, 2.45) is 5.92 Å². The first-order valence-corrected chi connectivity index (χ1v) is 12.8. The number of halogens is 3. The molecular formula is C29H30Cl3N3O2. The van der Waals surface area contributed by atoms with Crippen LogP contribution in [0.15, 0.2) is 78.9 Å². The van der Waals surface area contributed by atoms with Crippen LogP contribution in [0, 0.1) is 17.2 Å². The number of ether oxygens (including phenoxy) is 1. The Kier molecular flexibility index (Phi) is 10.5. The summed E-state index contributed by atoms with van der Waals surface area (Å²) in [5.41, 5.74) is 1.77. The summed E-state index contributed by atoms with van der Waals surface area (Å²) >= 11 is 12.2. The zero-order chi connectivity index (χ0) is 25.5. The van der Waals surface area contributed by atoms with E-state index in [0.717, 1.165) is 16.7 Å². The van der Waals surface area contributed by atoms with Gasteiger partial charge in [0.25, 0.3) is 0 Å². The summed E-state index contributed by atoms with van der Waals surface area (Å²) in [5.74, 6) is -0.788. The number of hydrogen-bond acceptors (Lipinski definition) is 5. The van der Waals surface area contributed by atoms with Gasteiger partial charge in [0.15, 0.2) is 5.78 Å². The molecule has 5 nitrogen and oxygen atoms in total. The summed E-state index contributed by atoms with van der Waals surface area (Å²) in [7, 11) is 0. The van der Waals surface area contributed by atoms with Gasteiger partial charge in [-0.05, 0) is 48.7 Å². The predicted molar refractivity (Wildman–Crippen MR) is 150 cm³/mol. The highest BCUT2D eigenvalue weighted by Gasteiger charge is 2.52. The van der Waals surface area contributed by atoms with Crippen LogP contribution in [0.3, 0.4) is 0 Å². The van der Waals surface area contributed by atoms with E-state index in [1.165, 1.54) is 0 Å². The second-order valence-corrected chi connectivity index (χ2v) is 9.89. The van der Waals surface area contributed by atoms with Crippen molar-refractivity contribution in [2.45, 2.75) is 44.2 Å². The summed E-state index contributed by atoms with van der Waals surface area (Å²) < 4.78 is 6.01. The van der Waals surface area contributed by atoms with Crippen LogP contribution in [0.25, 0.3) is 0 Å². The number of carbonyl (C=O) groups is 1.